The third-order valence-electron chi connectivity index (χ3n) is 5.88. The summed E-state index contributed by atoms with van der Waals surface area (Å²) in [6, 6.07) is 11.3. The van der Waals surface area contributed by atoms with Crippen molar-refractivity contribution in [1.29, 1.82) is 0 Å². The van der Waals surface area contributed by atoms with Crippen LogP contribution in [0.5, 0.6) is 0 Å². The van der Waals surface area contributed by atoms with E-state index in [4.69, 9.17) is 0 Å². The molecule has 1 aliphatic heterocycles. The Morgan fingerprint density at radius 3 is 2.61 bits per heavy atom. The van der Waals surface area contributed by atoms with Gasteiger partial charge in [-0.2, -0.15) is 5.10 Å². The molecule has 0 radical (unpaired) electrons. The van der Waals surface area contributed by atoms with Crippen molar-refractivity contribution in [1.82, 2.24) is 24.2 Å². The number of imidazole rings is 1. The molecule has 6 nitrogen and oxygen atoms in total. The summed E-state index contributed by atoms with van der Waals surface area (Å²) in [5, 5.41) is 4.35. The van der Waals surface area contributed by atoms with Crippen LogP contribution in [0.15, 0.2) is 55.1 Å². The maximum Gasteiger partial charge on any atom is 0.108 e. The minimum absolute atomic E-state index is 0.673. The Morgan fingerprint density at radius 1 is 1.07 bits per heavy atom. The molecule has 1 saturated heterocycles. The molecule has 1 aromatic carbocycles. The normalized spacial score (nSPS) is 15.5. The number of anilines is 1. The van der Waals surface area contributed by atoms with E-state index in [9.17, 15) is 0 Å². The standard InChI is InChI=1S/C22H30N6/c1-25(13-4-8-22-23-12-17-26(22)2)19-9-15-27(16-10-19)20-6-3-7-21(18-20)28-14-5-11-24-28/h3,5-7,11-12,14,17-19H,4,8-10,13,15-16H2,1-2H3. The van der Waals surface area contributed by atoms with Gasteiger partial charge in [-0.15, -0.1) is 0 Å². The molecule has 0 bridgehead atoms. The van der Waals surface area contributed by atoms with Gasteiger partial charge in [0.1, 0.15) is 5.82 Å². The molecule has 1 fully saturated rings. The van der Waals surface area contributed by atoms with Gasteiger partial charge in [-0.25, -0.2) is 9.67 Å². The number of benzene rings is 1. The summed E-state index contributed by atoms with van der Waals surface area (Å²) >= 11 is 0. The van der Waals surface area contributed by atoms with E-state index in [0.717, 1.165) is 38.2 Å². The summed E-state index contributed by atoms with van der Waals surface area (Å²) in [6.07, 6.45) is 12.4. The lowest BCUT2D eigenvalue weighted by atomic mass is 10.0. The lowest BCUT2D eigenvalue weighted by Crippen LogP contribution is -2.43. The zero-order valence-electron chi connectivity index (χ0n) is 16.9. The summed E-state index contributed by atoms with van der Waals surface area (Å²) in [7, 11) is 4.35. The highest BCUT2D eigenvalue weighted by Crippen LogP contribution is 2.24. The number of rotatable bonds is 7. The zero-order chi connectivity index (χ0) is 19.3. The van der Waals surface area contributed by atoms with Crippen LogP contribution in [0.1, 0.15) is 25.1 Å². The van der Waals surface area contributed by atoms with E-state index < -0.39 is 0 Å². The second-order valence-electron chi connectivity index (χ2n) is 7.73. The van der Waals surface area contributed by atoms with Crippen molar-refractivity contribution < 1.29 is 0 Å². The van der Waals surface area contributed by atoms with E-state index in [1.807, 2.05) is 35.5 Å². The van der Waals surface area contributed by atoms with Gasteiger partial charge in [0.05, 0.1) is 5.69 Å². The van der Waals surface area contributed by atoms with Crippen LogP contribution in [0.2, 0.25) is 0 Å². The largest absolute Gasteiger partial charge is 0.371 e. The van der Waals surface area contributed by atoms with Gasteiger partial charge < -0.3 is 14.4 Å². The van der Waals surface area contributed by atoms with Crippen LogP contribution in [0.3, 0.4) is 0 Å². The predicted octanol–water partition coefficient (Wildman–Crippen LogP) is 3.14. The minimum atomic E-state index is 0.673. The Bertz CT molecular complexity index is 861. The van der Waals surface area contributed by atoms with Gasteiger partial charge >= 0.3 is 0 Å². The molecule has 6 heteroatoms. The van der Waals surface area contributed by atoms with Gasteiger partial charge in [-0.05, 0) is 57.1 Å². The first kappa shape index (κ1) is 18.7. The lowest BCUT2D eigenvalue weighted by Gasteiger charge is -2.38. The van der Waals surface area contributed by atoms with Crippen LogP contribution in [-0.4, -0.2) is 57.0 Å². The van der Waals surface area contributed by atoms with Crippen molar-refractivity contribution in [3.05, 3.63) is 60.9 Å². The molecule has 0 saturated carbocycles. The van der Waals surface area contributed by atoms with Crippen molar-refractivity contribution in [3.63, 3.8) is 0 Å². The van der Waals surface area contributed by atoms with Crippen molar-refractivity contribution in [2.75, 3.05) is 31.6 Å². The molecule has 1 aliphatic rings. The molecular formula is C22H30N6. The first-order valence-electron chi connectivity index (χ1n) is 10.2. The highest BCUT2D eigenvalue weighted by molar-refractivity contribution is 5.53. The fraction of sp³-hybridized carbons (Fsp3) is 0.455. The number of nitrogens with zero attached hydrogens (tertiary/aromatic N) is 6. The molecule has 3 heterocycles. The third-order valence-corrected chi connectivity index (χ3v) is 5.88. The number of piperidine rings is 1. The highest BCUT2D eigenvalue weighted by atomic mass is 15.3. The fourth-order valence-corrected chi connectivity index (χ4v) is 4.13. The Kier molecular flexibility index (Phi) is 5.76. The van der Waals surface area contributed by atoms with Crippen LogP contribution in [0, 0.1) is 0 Å². The quantitative estimate of drug-likeness (QED) is 0.633. The van der Waals surface area contributed by atoms with E-state index in [-0.39, 0.29) is 0 Å². The Labute approximate surface area is 167 Å². The van der Waals surface area contributed by atoms with E-state index >= 15 is 0 Å². The van der Waals surface area contributed by atoms with Crippen LogP contribution >= 0.6 is 0 Å². The summed E-state index contributed by atoms with van der Waals surface area (Å²) in [4.78, 5) is 9.47. The number of hydrogen-bond donors (Lipinski definition) is 0. The third kappa shape index (κ3) is 4.28. The second kappa shape index (κ2) is 8.61. The molecular weight excluding hydrogens is 348 g/mol. The Morgan fingerprint density at radius 2 is 1.89 bits per heavy atom. The van der Waals surface area contributed by atoms with E-state index in [1.54, 1.807) is 0 Å². The zero-order valence-corrected chi connectivity index (χ0v) is 16.9. The van der Waals surface area contributed by atoms with E-state index in [2.05, 4.69) is 62.8 Å². The maximum absolute atomic E-state index is 4.43. The minimum Gasteiger partial charge on any atom is -0.371 e. The average molecular weight is 379 g/mol. The Hall–Kier alpha value is -2.60. The summed E-state index contributed by atoms with van der Waals surface area (Å²) in [5.41, 5.74) is 2.42. The highest BCUT2D eigenvalue weighted by Gasteiger charge is 2.22. The average Bonchev–Trinajstić information content (AvgIpc) is 3.41. The van der Waals surface area contributed by atoms with Gasteiger partial charge in [0.15, 0.2) is 0 Å². The number of aromatic nitrogens is 4. The first-order valence-corrected chi connectivity index (χ1v) is 10.2. The van der Waals surface area contributed by atoms with Crippen molar-refractivity contribution in [2.24, 2.45) is 7.05 Å². The molecule has 3 aromatic rings. The molecule has 2 aromatic heterocycles. The van der Waals surface area contributed by atoms with Gasteiger partial charge in [0, 0.05) is 63.1 Å². The van der Waals surface area contributed by atoms with Crippen LogP contribution in [-0.2, 0) is 13.5 Å². The summed E-state index contributed by atoms with van der Waals surface area (Å²) in [5.74, 6) is 1.18. The monoisotopic (exact) mass is 378 g/mol. The SMILES string of the molecule is CN(CCCc1nccn1C)C1CCN(c2cccc(-n3cccn3)c2)CC1. The van der Waals surface area contributed by atoms with Gasteiger partial charge in [0.2, 0.25) is 0 Å². The molecule has 4 rings (SSSR count). The molecule has 0 atom stereocenters. The molecule has 0 spiro atoms. The Balaban J connectivity index is 1.27. The predicted molar refractivity (Wildman–Crippen MR) is 113 cm³/mol. The molecule has 0 N–H and O–H groups in total. The lowest BCUT2D eigenvalue weighted by molar-refractivity contribution is 0.205. The maximum atomic E-state index is 4.43. The molecule has 148 valence electrons. The van der Waals surface area contributed by atoms with Crippen LogP contribution in [0.25, 0.3) is 5.69 Å². The van der Waals surface area contributed by atoms with Crippen molar-refractivity contribution in [3.8, 4) is 5.69 Å². The molecule has 0 aliphatic carbocycles. The molecule has 0 amide bonds. The summed E-state index contributed by atoms with van der Waals surface area (Å²) in [6.45, 7) is 3.35. The van der Waals surface area contributed by atoms with Crippen molar-refractivity contribution in [2.45, 2.75) is 31.7 Å². The molecule has 28 heavy (non-hydrogen) atoms. The van der Waals surface area contributed by atoms with Crippen LogP contribution < -0.4 is 4.90 Å². The summed E-state index contributed by atoms with van der Waals surface area (Å²) < 4.78 is 4.04. The van der Waals surface area contributed by atoms with Gasteiger partial charge in [0.25, 0.3) is 0 Å². The topological polar surface area (TPSA) is 42.1 Å². The van der Waals surface area contributed by atoms with E-state index in [1.165, 1.54) is 24.4 Å². The molecule has 0 unspecified atom stereocenters. The number of hydrogen-bond acceptors (Lipinski definition) is 4. The fourth-order valence-electron chi connectivity index (χ4n) is 4.13. The first-order chi connectivity index (χ1) is 13.7. The van der Waals surface area contributed by atoms with E-state index in [0.29, 0.717) is 6.04 Å². The smallest absolute Gasteiger partial charge is 0.108 e. The second-order valence-corrected chi connectivity index (χ2v) is 7.73. The van der Waals surface area contributed by atoms with Gasteiger partial charge in [-0.1, -0.05) is 6.07 Å². The van der Waals surface area contributed by atoms with Crippen LogP contribution in [0.4, 0.5) is 5.69 Å². The van der Waals surface area contributed by atoms with Crippen molar-refractivity contribution >= 4 is 5.69 Å². The van der Waals surface area contributed by atoms with Gasteiger partial charge in [-0.3, -0.25) is 0 Å². The number of aryl methyl sites for hydroxylation is 2.